The normalized spacial score (nSPS) is 10.4. The van der Waals surface area contributed by atoms with Gasteiger partial charge in [-0.25, -0.2) is 0 Å². The molecule has 10 nitrogen and oxygen atoms in total. The van der Waals surface area contributed by atoms with E-state index in [4.69, 9.17) is 0 Å². The second-order valence-corrected chi connectivity index (χ2v) is 6.32. The molecule has 0 heterocycles. The van der Waals surface area contributed by atoms with Gasteiger partial charge in [0.15, 0.2) is 23.0 Å². The minimum atomic E-state index is -1.14. The van der Waals surface area contributed by atoms with Crippen LogP contribution in [0.3, 0.4) is 0 Å². The first-order chi connectivity index (χ1) is 14.5. The second kappa shape index (κ2) is 8.19. The molecule has 3 aromatic rings. The number of phenols is 10. The molecule has 10 heteroatoms. The van der Waals surface area contributed by atoms with Crippen molar-refractivity contribution in [1.29, 1.82) is 0 Å². The Morgan fingerprint density at radius 1 is 0.387 bits per heavy atom. The van der Waals surface area contributed by atoms with E-state index in [9.17, 15) is 51.1 Å². The molecule has 0 aliphatic rings. The predicted octanol–water partition coefficient (Wildman–Crippen LogP) is 3.41. The highest BCUT2D eigenvalue weighted by Crippen LogP contribution is 2.57. The third kappa shape index (κ3) is 3.54. The fraction of sp³-hybridized carbons (Fsp3) is 0.143. The Bertz CT molecular complexity index is 1020. The first-order valence-corrected chi connectivity index (χ1v) is 8.97. The molecule has 3 aromatic carbocycles. The van der Waals surface area contributed by atoms with E-state index in [-0.39, 0.29) is 11.1 Å². The van der Waals surface area contributed by atoms with Crippen molar-refractivity contribution in [2.24, 2.45) is 0 Å². The smallest absolute Gasteiger partial charge is 0.208 e. The van der Waals surface area contributed by atoms with Crippen molar-refractivity contribution in [1.82, 2.24) is 0 Å². The zero-order valence-electron chi connectivity index (χ0n) is 16.7. The maximum Gasteiger partial charge on any atom is 0.208 e. The van der Waals surface area contributed by atoms with Crippen LogP contribution in [0, 0.1) is 6.92 Å². The van der Waals surface area contributed by atoms with Crippen LogP contribution in [-0.2, 0) is 0 Å². The van der Waals surface area contributed by atoms with E-state index >= 15 is 0 Å². The molecule has 0 spiro atoms. The van der Waals surface area contributed by atoms with Crippen LogP contribution in [-0.4, -0.2) is 51.1 Å². The number of hydrogen-bond donors (Lipinski definition) is 10. The summed E-state index contributed by atoms with van der Waals surface area (Å²) >= 11 is 0. The molecule has 0 radical (unpaired) electrons. The first kappa shape index (κ1) is 22.9. The summed E-state index contributed by atoms with van der Waals surface area (Å²) < 4.78 is 0. The summed E-state index contributed by atoms with van der Waals surface area (Å²) in [4.78, 5) is 0. The Labute approximate surface area is 176 Å². The maximum atomic E-state index is 10.1. The van der Waals surface area contributed by atoms with E-state index in [0.717, 1.165) is 0 Å². The largest absolute Gasteiger partial charge is 0.504 e. The SMILES string of the molecule is CC.Cc1cc(-c2c(O)c(O)c(O)c(O)c2O)cc(-c2c(O)c(O)c(O)c(O)c2O)c1. The van der Waals surface area contributed by atoms with E-state index in [2.05, 4.69) is 0 Å². The van der Waals surface area contributed by atoms with Crippen LogP contribution in [0.1, 0.15) is 19.4 Å². The van der Waals surface area contributed by atoms with Crippen LogP contribution < -0.4 is 0 Å². The third-order valence-corrected chi connectivity index (χ3v) is 4.40. The van der Waals surface area contributed by atoms with Crippen molar-refractivity contribution < 1.29 is 51.1 Å². The third-order valence-electron chi connectivity index (χ3n) is 4.40. The van der Waals surface area contributed by atoms with Crippen molar-refractivity contribution in [2.75, 3.05) is 0 Å². The molecule has 0 saturated heterocycles. The van der Waals surface area contributed by atoms with Crippen LogP contribution >= 0.6 is 0 Å². The molecule has 0 saturated carbocycles. The quantitative estimate of drug-likeness (QED) is 0.210. The van der Waals surface area contributed by atoms with Crippen LogP contribution in [0.4, 0.5) is 0 Å². The minimum absolute atomic E-state index is 0.0357. The Balaban J connectivity index is 0.00000166. The molecule has 0 aromatic heterocycles. The van der Waals surface area contributed by atoms with E-state index in [1.165, 1.54) is 18.2 Å². The molecule has 0 fully saturated rings. The molecule has 0 amide bonds. The van der Waals surface area contributed by atoms with Gasteiger partial charge in [-0.3, -0.25) is 0 Å². The lowest BCUT2D eigenvalue weighted by molar-refractivity contribution is 0.330. The number of rotatable bonds is 2. The summed E-state index contributed by atoms with van der Waals surface area (Å²) in [7, 11) is 0. The van der Waals surface area contributed by atoms with Gasteiger partial charge in [-0.15, -0.1) is 0 Å². The molecule has 0 aliphatic carbocycles. The Morgan fingerprint density at radius 3 is 0.871 bits per heavy atom. The lowest BCUT2D eigenvalue weighted by atomic mass is 9.93. The van der Waals surface area contributed by atoms with Crippen molar-refractivity contribution in [2.45, 2.75) is 20.8 Å². The van der Waals surface area contributed by atoms with E-state index in [1.54, 1.807) is 6.92 Å². The van der Waals surface area contributed by atoms with Crippen molar-refractivity contribution >= 4 is 0 Å². The van der Waals surface area contributed by atoms with Gasteiger partial charge < -0.3 is 51.1 Å². The summed E-state index contributed by atoms with van der Waals surface area (Å²) in [5, 5.41) is 98.6. The zero-order chi connectivity index (χ0) is 23.8. The predicted molar refractivity (Wildman–Crippen MR) is 110 cm³/mol. The van der Waals surface area contributed by atoms with Gasteiger partial charge in [0.2, 0.25) is 34.5 Å². The fourth-order valence-corrected chi connectivity index (χ4v) is 2.99. The number of aromatic hydroxyl groups is 10. The molecule has 0 atom stereocenters. The average molecular weight is 434 g/mol. The van der Waals surface area contributed by atoms with Gasteiger partial charge in [0, 0.05) is 0 Å². The second-order valence-electron chi connectivity index (χ2n) is 6.32. The van der Waals surface area contributed by atoms with E-state index < -0.39 is 68.6 Å². The van der Waals surface area contributed by atoms with Crippen molar-refractivity contribution in [3.8, 4) is 79.7 Å². The Morgan fingerprint density at radius 2 is 0.613 bits per heavy atom. The molecule has 0 aliphatic heterocycles. The van der Waals surface area contributed by atoms with Gasteiger partial charge in [-0.05, 0) is 29.7 Å². The van der Waals surface area contributed by atoms with Gasteiger partial charge in [0.25, 0.3) is 0 Å². The number of phenolic OH excluding ortho intramolecular Hbond substituents is 10. The van der Waals surface area contributed by atoms with Crippen LogP contribution in [0.25, 0.3) is 22.3 Å². The lowest BCUT2D eigenvalue weighted by Gasteiger charge is -2.16. The van der Waals surface area contributed by atoms with Crippen LogP contribution in [0.2, 0.25) is 0 Å². The summed E-state index contributed by atoms with van der Waals surface area (Å²) in [5.41, 5.74) is -0.602. The highest BCUT2D eigenvalue weighted by Gasteiger charge is 2.27. The molecular formula is C21H22O10. The summed E-state index contributed by atoms with van der Waals surface area (Å²) in [5.74, 6) is -10.5. The highest BCUT2D eigenvalue weighted by molar-refractivity contribution is 5.90. The number of hydrogen-bond acceptors (Lipinski definition) is 10. The highest BCUT2D eigenvalue weighted by atomic mass is 16.4. The number of aryl methyl sites for hydroxylation is 1. The molecule has 0 bridgehead atoms. The van der Waals surface area contributed by atoms with E-state index in [0.29, 0.717) is 5.56 Å². The molecule has 0 unspecified atom stereocenters. The minimum Gasteiger partial charge on any atom is -0.504 e. The Hall–Kier alpha value is -4.34. The van der Waals surface area contributed by atoms with Gasteiger partial charge in [-0.1, -0.05) is 26.0 Å². The van der Waals surface area contributed by atoms with Gasteiger partial charge in [0.05, 0.1) is 11.1 Å². The summed E-state index contributed by atoms with van der Waals surface area (Å²) in [6, 6.07) is 3.95. The van der Waals surface area contributed by atoms with E-state index in [1.807, 2.05) is 13.8 Å². The zero-order valence-corrected chi connectivity index (χ0v) is 16.7. The summed E-state index contributed by atoms with van der Waals surface area (Å²) in [6.07, 6.45) is 0. The van der Waals surface area contributed by atoms with Gasteiger partial charge in [-0.2, -0.15) is 0 Å². The van der Waals surface area contributed by atoms with Gasteiger partial charge >= 0.3 is 0 Å². The molecule has 166 valence electrons. The monoisotopic (exact) mass is 434 g/mol. The average Bonchev–Trinajstić information content (AvgIpc) is 2.75. The lowest BCUT2D eigenvalue weighted by Crippen LogP contribution is -1.89. The van der Waals surface area contributed by atoms with Crippen LogP contribution in [0.15, 0.2) is 18.2 Å². The van der Waals surface area contributed by atoms with Crippen molar-refractivity contribution in [3.63, 3.8) is 0 Å². The number of benzene rings is 3. The fourth-order valence-electron chi connectivity index (χ4n) is 2.99. The van der Waals surface area contributed by atoms with Gasteiger partial charge in [0.1, 0.15) is 0 Å². The molecule has 10 N–H and O–H groups in total. The topological polar surface area (TPSA) is 202 Å². The Kier molecular flexibility index (Phi) is 6.06. The van der Waals surface area contributed by atoms with Crippen LogP contribution in [0.5, 0.6) is 57.5 Å². The maximum absolute atomic E-state index is 10.1. The molecule has 3 rings (SSSR count). The standard InChI is InChI=1S/C19H16O10.C2H6/c1-5-2-6(8-10(20)14(24)18(28)15(25)11(8)21)4-7(3-5)9-12(22)16(26)19(29)17(27)13(9)23;1-2/h2-4,20-29H,1H3;1-2H3. The first-order valence-electron chi connectivity index (χ1n) is 8.97. The molecule has 31 heavy (non-hydrogen) atoms. The van der Waals surface area contributed by atoms with Crippen molar-refractivity contribution in [3.05, 3.63) is 23.8 Å². The summed E-state index contributed by atoms with van der Waals surface area (Å²) in [6.45, 7) is 5.55. The molecular weight excluding hydrogens is 412 g/mol.